The molecule has 1 rings (SSSR count). The van der Waals surface area contributed by atoms with Crippen molar-refractivity contribution < 1.29 is 19.1 Å². The molecule has 0 aromatic heterocycles. The Balaban J connectivity index is 3.17. The van der Waals surface area contributed by atoms with E-state index in [9.17, 15) is 9.59 Å². The molecule has 0 aliphatic carbocycles. The molecule has 0 unspecified atom stereocenters. The fourth-order valence-corrected chi connectivity index (χ4v) is 1.86. The molecule has 4 nitrogen and oxygen atoms in total. The van der Waals surface area contributed by atoms with Crippen LogP contribution < -0.4 is 0 Å². The van der Waals surface area contributed by atoms with Gasteiger partial charge in [0.15, 0.2) is 0 Å². The average molecular weight is 262 g/mol. The highest BCUT2D eigenvalue weighted by atomic mass is 16.6. The third kappa shape index (κ3) is 3.95. The lowest BCUT2D eigenvalue weighted by Crippen LogP contribution is -2.27. The molecular formula is C15H18O4. The first-order valence-electron chi connectivity index (χ1n) is 5.92. The largest absolute Gasteiger partial charge is 0.468 e. The third-order valence-electron chi connectivity index (χ3n) is 2.71. The lowest BCUT2D eigenvalue weighted by molar-refractivity contribution is -0.157. The highest BCUT2D eigenvalue weighted by molar-refractivity contribution is 5.77. The molecule has 0 N–H and O–H groups in total. The lowest BCUT2D eigenvalue weighted by atomic mass is 9.90. The Hall–Kier alpha value is -2.10. The maximum absolute atomic E-state index is 11.9. The van der Waals surface area contributed by atoms with Gasteiger partial charge in [0, 0.05) is 6.92 Å². The summed E-state index contributed by atoms with van der Waals surface area (Å²) in [5.74, 6) is -1.64. The number of benzene rings is 1. The first kappa shape index (κ1) is 15.0. The van der Waals surface area contributed by atoms with E-state index in [1.807, 2.05) is 18.2 Å². The summed E-state index contributed by atoms with van der Waals surface area (Å²) in [5, 5.41) is 0. The summed E-state index contributed by atoms with van der Waals surface area (Å²) >= 11 is 0. The first-order chi connectivity index (χ1) is 8.97. The van der Waals surface area contributed by atoms with Crippen molar-refractivity contribution in [2.24, 2.45) is 5.92 Å². The van der Waals surface area contributed by atoms with E-state index in [-0.39, 0.29) is 0 Å². The molecule has 1 aromatic carbocycles. The number of ether oxygens (including phenoxy) is 2. The fraction of sp³-hybridized carbons (Fsp3) is 0.333. The van der Waals surface area contributed by atoms with E-state index < -0.39 is 24.0 Å². The molecular weight excluding hydrogens is 244 g/mol. The normalized spacial score (nSPS) is 13.2. The van der Waals surface area contributed by atoms with Crippen LogP contribution in [0, 0.1) is 5.92 Å². The maximum atomic E-state index is 11.9. The molecule has 0 aliphatic rings. The minimum Gasteiger partial charge on any atom is -0.468 e. The van der Waals surface area contributed by atoms with E-state index in [4.69, 9.17) is 9.47 Å². The Labute approximate surface area is 113 Å². The van der Waals surface area contributed by atoms with E-state index in [1.165, 1.54) is 14.0 Å². The first-order valence-corrected chi connectivity index (χ1v) is 5.92. The molecule has 0 radical (unpaired) electrons. The Morgan fingerprint density at radius 1 is 1.16 bits per heavy atom. The second-order valence-corrected chi connectivity index (χ2v) is 4.29. The van der Waals surface area contributed by atoms with Crippen molar-refractivity contribution in [2.75, 3.05) is 7.11 Å². The van der Waals surface area contributed by atoms with Gasteiger partial charge in [-0.1, -0.05) is 42.5 Å². The van der Waals surface area contributed by atoms with Crippen LogP contribution in [-0.2, 0) is 19.1 Å². The summed E-state index contributed by atoms with van der Waals surface area (Å²) in [6.07, 6.45) is -0.719. The summed E-state index contributed by atoms with van der Waals surface area (Å²) < 4.78 is 10.0. The van der Waals surface area contributed by atoms with Crippen LogP contribution in [0.1, 0.15) is 25.5 Å². The summed E-state index contributed by atoms with van der Waals surface area (Å²) in [7, 11) is 1.30. The average Bonchev–Trinajstić information content (AvgIpc) is 2.37. The van der Waals surface area contributed by atoms with Gasteiger partial charge in [-0.15, -0.1) is 0 Å². The molecule has 0 fully saturated rings. The molecule has 0 aliphatic heterocycles. The summed E-state index contributed by atoms with van der Waals surface area (Å²) in [6.45, 7) is 6.80. The lowest BCUT2D eigenvalue weighted by Gasteiger charge is -2.25. The summed E-state index contributed by atoms with van der Waals surface area (Å²) in [5.41, 5.74) is 1.32. The molecule has 0 amide bonds. The van der Waals surface area contributed by atoms with Crippen molar-refractivity contribution in [1.82, 2.24) is 0 Å². The number of carbonyl (C=O) groups is 2. The van der Waals surface area contributed by atoms with E-state index in [2.05, 4.69) is 6.58 Å². The Morgan fingerprint density at radius 2 is 1.74 bits per heavy atom. The molecule has 0 saturated carbocycles. The van der Waals surface area contributed by atoms with Crippen molar-refractivity contribution in [3.05, 3.63) is 48.0 Å². The van der Waals surface area contributed by atoms with E-state index in [0.717, 1.165) is 5.56 Å². The topological polar surface area (TPSA) is 52.6 Å². The third-order valence-corrected chi connectivity index (χ3v) is 2.71. The van der Waals surface area contributed by atoms with Crippen LogP contribution in [0.4, 0.5) is 0 Å². The van der Waals surface area contributed by atoms with Crippen LogP contribution in [-0.4, -0.2) is 19.0 Å². The molecule has 0 saturated heterocycles. The Bertz CT molecular complexity index is 464. The monoisotopic (exact) mass is 262 g/mol. The predicted molar refractivity (Wildman–Crippen MR) is 71.3 cm³/mol. The molecule has 19 heavy (non-hydrogen) atoms. The molecule has 102 valence electrons. The van der Waals surface area contributed by atoms with Gasteiger partial charge < -0.3 is 9.47 Å². The van der Waals surface area contributed by atoms with Crippen LogP contribution in [0.5, 0.6) is 0 Å². The zero-order valence-electron chi connectivity index (χ0n) is 11.4. The van der Waals surface area contributed by atoms with Crippen LogP contribution in [0.15, 0.2) is 42.5 Å². The zero-order valence-corrected chi connectivity index (χ0v) is 11.4. The van der Waals surface area contributed by atoms with Crippen molar-refractivity contribution in [3.8, 4) is 0 Å². The van der Waals surface area contributed by atoms with Crippen LogP contribution in [0.2, 0.25) is 0 Å². The highest BCUT2D eigenvalue weighted by Crippen LogP contribution is 2.31. The van der Waals surface area contributed by atoms with Crippen molar-refractivity contribution in [2.45, 2.75) is 20.0 Å². The van der Waals surface area contributed by atoms with Crippen LogP contribution in [0.3, 0.4) is 0 Å². The Morgan fingerprint density at radius 3 is 2.16 bits per heavy atom. The number of esters is 2. The summed E-state index contributed by atoms with van der Waals surface area (Å²) in [6, 6.07) is 9.08. The van der Waals surface area contributed by atoms with Gasteiger partial charge in [-0.05, 0) is 12.5 Å². The van der Waals surface area contributed by atoms with E-state index in [0.29, 0.717) is 5.57 Å². The highest BCUT2D eigenvalue weighted by Gasteiger charge is 2.33. The Kier molecular flexibility index (Phi) is 5.30. The van der Waals surface area contributed by atoms with Crippen molar-refractivity contribution >= 4 is 11.9 Å². The zero-order chi connectivity index (χ0) is 14.4. The number of carbonyl (C=O) groups excluding carboxylic acids is 2. The van der Waals surface area contributed by atoms with Gasteiger partial charge in [-0.3, -0.25) is 9.59 Å². The minimum absolute atomic E-state index is 0.455. The van der Waals surface area contributed by atoms with Crippen LogP contribution in [0.25, 0.3) is 0 Å². The molecule has 0 bridgehead atoms. The number of hydrogen-bond acceptors (Lipinski definition) is 4. The maximum Gasteiger partial charge on any atom is 0.316 e. The number of rotatable bonds is 5. The van der Waals surface area contributed by atoms with Crippen molar-refractivity contribution in [3.63, 3.8) is 0 Å². The molecule has 0 spiro atoms. The molecule has 0 heterocycles. The van der Waals surface area contributed by atoms with Crippen LogP contribution >= 0.6 is 0 Å². The summed E-state index contributed by atoms with van der Waals surface area (Å²) in [4.78, 5) is 23.1. The van der Waals surface area contributed by atoms with Gasteiger partial charge in [0.25, 0.3) is 0 Å². The molecule has 1 aromatic rings. The van der Waals surface area contributed by atoms with Gasteiger partial charge >= 0.3 is 11.9 Å². The van der Waals surface area contributed by atoms with Gasteiger partial charge in [0.1, 0.15) is 12.0 Å². The van der Waals surface area contributed by atoms with Gasteiger partial charge in [0.2, 0.25) is 0 Å². The van der Waals surface area contributed by atoms with E-state index in [1.54, 1.807) is 19.1 Å². The number of hydrogen-bond donors (Lipinski definition) is 0. The van der Waals surface area contributed by atoms with Gasteiger partial charge in [0.05, 0.1) is 7.11 Å². The standard InChI is InChI=1S/C15H18O4/c1-10(2)13(15(17)18-4)14(19-11(3)16)12-8-6-5-7-9-12/h5-9,13-14H,1H2,2-4H3/t13-,14-/m1/s1. The number of methoxy groups -OCH3 is 1. The van der Waals surface area contributed by atoms with Gasteiger partial charge in [-0.25, -0.2) is 0 Å². The quantitative estimate of drug-likeness (QED) is 0.604. The SMILES string of the molecule is C=C(C)[C@@H](C(=O)OC)[C@H](OC(C)=O)c1ccccc1. The fourth-order valence-electron chi connectivity index (χ4n) is 1.86. The smallest absolute Gasteiger partial charge is 0.316 e. The molecule has 2 atom stereocenters. The van der Waals surface area contributed by atoms with E-state index >= 15 is 0 Å². The van der Waals surface area contributed by atoms with Gasteiger partial charge in [-0.2, -0.15) is 0 Å². The second-order valence-electron chi connectivity index (χ2n) is 4.29. The predicted octanol–water partition coefficient (Wildman–Crippen LogP) is 2.66. The van der Waals surface area contributed by atoms with Crippen molar-refractivity contribution in [1.29, 1.82) is 0 Å². The molecule has 4 heteroatoms. The second kappa shape index (κ2) is 6.73. The minimum atomic E-state index is -0.719.